The van der Waals surface area contributed by atoms with Gasteiger partial charge in [-0.25, -0.2) is 13.7 Å². The fraction of sp³-hybridized carbons (Fsp3) is 0.536. The topological polar surface area (TPSA) is 77.1 Å². The number of carbonyl (C=O) groups is 1. The Morgan fingerprint density at radius 2 is 1.95 bits per heavy atom. The van der Waals surface area contributed by atoms with E-state index in [0.717, 1.165) is 28.7 Å². The Bertz CT molecular complexity index is 1090. The van der Waals surface area contributed by atoms with Crippen LogP contribution in [0.25, 0.3) is 0 Å². The van der Waals surface area contributed by atoms with Crippen LogP contribution in [0.2, 0.25) is 5.02 Å². The van der Waals surface area contributed by atoms with Crippen LogP contribution in [0.4, 0.5) is 4.79 Å². The van der Waals surface area contributed by atoms with Crippen LogP contribution in [0.5, 0.6) is 0 Å². The first kappa shape index (κ1) is 28.0. The number of nitrogens with one attached hydrogen (secondary N) is 1. The number of benzene rings is 2. The summed E-state index contributed by atoms with van der Waals surface area (Å²) in [4.78, 5) is 14.5. The predicted molar refractivity (Wildman–Crippen MR) is 146 cm³/mol. The van der Waals surface area contributed by atoms with Gasteiger partial charge in [0.15, 0.2) is 6.29 Å². The number of halogens is 1. The van der Waals surface area contributed by atoms with E-state index in [0.29, 0.717) is 50.6 Å². The second kappa shape index (κ2) is 12.7. The van der Waals surface area contributed by atoms with E-state index in [1.807, 2.05) is 63.2 Å². The highest BCUT2D eigenvalue weighted by Crippen LogP contribution is 2.34. The molecule has 1 unspecified atom stereocenters. The summed E-state index contributed by atoms with van der Waals surface area (Å²) in [6.45, 7) is 8.44. The van der Waals surface area contributed by atoms with E-state index in [1.54, 1.807) is 4.90 Å². The van der Waals surface area contributed by atoms with Gasteiger partial charge in [0.1, 0.15) is 6.61 Å². The molecule has 9 heteroatoms. The van der Waals surface area contributed by atoms with Gasteiger partial charge in [-0.1, -0.05) is 41.9 Å². The van der Waals surface area contributed by atoms with Crippen molar-refractivity contribution in [2.45, 2.75) is 76.7 Å². The minimum Gasteiger partial charge on any atom is -0.445 e. The number of carbonyl (C=O) groups excluding carboxylic acids is 1. The molecule has 2 aromatic carbocycles. The monoisotopic (exact) mass is 548 g/mol. The molecule has 2 aliphatic rings. The normalized spacial score (nSPS) is 18.2. The SMILES string of the molecule is CC(C)(C)[S@](=O)NC(CCC1OCCCO1)c1cc(Cl)cc2c1CCN(C(=O)OCc1ccccc1)C2. The maximum absolute atomic E-state index is 13.1. The zero-order chi connectivity index (χ0) is 26.4. The van der Waals surface area contributed by atoms with Gasteiger partial charge in [0, 0.05) is 30.6 Å². The maximum Gasteiger partial charge on any atom is 0.410 e. The lowest BCUT2D eigenvalue weighted by Crippen LogP contribution is -2.39. The smallest absolute Gasteiger partial charge is 0.410 e. The molecule has 0 aromatic heterocycles. The van der Waals surface area contributed by atoms with Gasteiger partial charge in [-0.2, -0.15) is 0 Å². The van der Waals surface area contributed by atoms with E-state index in [2.05, 4.69) is 4.72 Å². The van der Waals surface area contributed by atoms with E-state index in [4.69, 9.17) is 25.8 Å². The summed E-state index contributed by atoms with van der Waals surface area (Å²) in [5.74, 6) is 0. The van der Waals surface area contributed by atoms with E-state index < -0.39 is 15.7 Å². The lowest BCUT2D eigenvalue weighted by molar-refractivity contribution is -0.182. The highest BCUT2D eigenvalue weighted by molar-refractivity contribution is 7.84. The molecule has 2 aliphatic heterocycles. The minimum atomic E-state index is -1.28. The van der Waals surface area contributed by atoms with Crippen molar-refractivity contribution < 1.29 is 23.2 Å². The molecule has 1 N–H and O–H groups in total. The summed E-state index contributed by atoms with van der Waals surface area (Å²) >= 11 is 6.58. The molecule has 0 spiro atoms. The van der Waals surface area contributed by atoms with Crippen LogP contribution in [0.15, 0.2) is 42.5 Å². The third-order valence-electron chi connectivity index (χ3n) is 6.57. The van der Waals surface area contributed by atoms with Crippen molar-refractivity contribution in [2.24, 2.45) is 0 Å². The molecule has 0 radical (unpaired) electrons. The van der Waals surface area contributed by atoms with Gasteiger partial charge in [0.05, 0.1) is 28.9 Å². The molecule has 37 heavy (non-hydrogen) atoms. The third kappa shape index (κ3) is 7.77. The summed E-state index contributed by atoms with van der Waals surface area (Å²) in [7, 11) is -1.28. The first-order valence-electron chi connectivity index (χ1n) is 12.9. The van der Waals surface area contributed by atoms with Crippen LogP contribution < -0.4 is 4.72 Å². The molecule has 1 saturated heterocycles. The summed E-state index contributed by atoms with van der Waals surface area (Å²) in [6.07, 6.45) is 2.33. The Hall–Kier alpha value is -1.97. The standard InChI is InChI=1S/C28H37ClN2O5S/c1-28(2,3)37(33)30-25(10-11-26-34-14-7-15-35-26)24-17-22(29)16-21-18-31(13-12-23(21)24)27(32)36-19-20-8-5-4-6-9-20/h4-6,8-9,16-17,25-26,30H,7,10-15,18-19H2,1-3H3/t25?,37-/m0/s1. The molecule has 0 saturated carbocycles. The van der Waals surface area contributed by atoms with Gasteiger partial charge in [-0.3, -0.25) is 0 Å². The number of amides is 1. The predicted octanol–water partition coefficient (Wildman–Crippen LogP) is 5.67. The maximum atomic E-state index is 13.1. The summed E-state index contributed by atoms with van der Waals surface area (Å²) in [5.41, 5.74) is 4.10. The van der Waals surface area contributed by atoms with Gasteiger partial charge in [0.25, 0.3) is 0 Å². The molecule has 0 bridgehead atoms. The van der Waals surface area contributed by atoms with E-state index in [1.165, 1.54) is 0 Å². The van der Waals surface area contributed by atoms with Crippen LogP contribution in [0, 0.1) is 0 Å². The second-order valence-electron chi connectivity index (χ2n) is 10.5. The zero-order valence-electron chi connectivity index (χ0n) is 21.8. The van der Waals surface area contributed by atoms with Gasteiger partial charge < -0.3 is 19.1 Å². The van der Waals surface area contributed by atoms with Crippen molar-refractivity contribution >= 4 is 28.7 Å². The van der Waals surface area contributed by atoms with Crippen molar-refractivity contribution in [3.8, 4) is 0 Å². The number of hydrogen-bond donors (Lipinski definition) is 1. The van der Waals surface area contributed by atoms with Crippen molar-refractivity contribution in [1.82, 2.24) is 9.62 Å². The zero-order valence-corrected chi connectivity index (χ0v) is 23.4. The Morgan fingerprint density at radius 1 is 1.22 bits per heavy atom. The number of nitrogens with zero attached hydrogens (tertiary/aromatic N) is 1. The lowest BCUT2D eigenvalue weighted by atomic mass is 9.89. The molecule has 2 atom stereocenters. The van der Waals surface area contributed by atoms with Crippen LogP contribution in [0.1, 0.15) is 68.3 Å². The summed E-state index contributed by atoms with van der Waals surface area (Å²) < 4.78 is 33.1. The van der Waals surface area contributed by atoms with Crippen molar-refractivity contribution in [2.75, 3.05) is 19.8 Å². The van der Waals surface area contributed by atoms with Gasteiger partial charge >= 0.3 is 6.09 Å². The summed E-state index contributed by atoms with van der Waals surface area (Å²) in [5, 5.41) is 0.590. The second-order valence-corrected chi connectivity index (χ2v) is 12.9. The van der Waals surface area contributed by atoms with E-state index in [9.17, 15) is 9.00 Å². The van der Waals surface area contributed by atoms with Crippen LogP contribution >= 0.6 is 11.6 Å². The van der Waals surface area contributed by atoms with Gasteiger partial charge in [-0.15, -0.1) is 0 Å². The average molecular weight is 549 g/mol. The van der Waals surface area contributed by atoms with Crippen molar-refractivity contribution in [3.05, 3.63) is 69.7 Å². The average Bonchev–Trinajstić information content (AvgIpc) is 2.89. The van der Waals surface area contributed by atoms with Crippen LogP contribution in [0.3, 0.4) is 0 Å². The molecular formula is C28H37ClN2O5S. The van der Waals surface area contributed by atoms with Crippen LogP contribution in [-0.4, -0.2) is 46.0 Å². The highest BCUT2D eigenvalue weighted by atomic mass is 35.5. The Kier molecular flexibility index (Phi) is 9.64. The van der Waals surface area contributed by atoms with Crippen molar-refractivity contribution in [3.63, 3.8) is 0 Å². The molecular weight excluding hydrogens is 512 g/mol. The molecule has 0 aliphatic carbocycles. The molecule has 1 amide bonds. The van der Waals surface area contributed by atoms with Crippen LogP contribution in [-0.2, 0) is 44.8 Å². The molecule has 1 fully saturated rings. The third-order valence-corrected chi connectivity index (χ3v) is 8.40. The van der Waals surface area contributed by atoms with Gasteiger partial charge in [0.2, 0.25) is 0 Å². The fourth-order valence-electron chi connectivity index (χ4n) is 4.56. The van der Waals surface area contributed by atoms with Crippen molar-refractivity contribution in [1.29, 1.82) is 0 Å². The van der Waals surface area contributed by atoms with E-state index >= 15 is 0 Å². The summed E-state index contributed by atoms with van der Waals surface area (Å²) in [6, 6.07) is 13.3. The Labute approximate surface area is 227 Å². The molecule has 202 valence electrons. The molecule has 2 heterocycles. The Morgan fingerprint density at radius 3 is 2.65 bits per heavy atom. The lowest BCUT2D eigenvalue weighted by Gasteiger charge is -2.33. The van der Waals surface area contributed by atoms with E-state index in [-0.39, 0.29) is 25.0 Å². The highest BCUT2D eigenvalue weighted by Gasteiger charge is 2.30. The van der Waals surface area contributed by atoms with Gasteiger partial charge in [-0.05, 0) is 74.4 Å². The molecule has 7 nitrogen and oxygen atoms in total. The number of fused-ring (bicyclic) bond motifs is 1. The minimum absolute atomic E-state index is 0.196. The number of ether oxygens (including phenoxy) is 3. The Balaban J connectivity index is 1.51. The quantitative estimate of drug-likeness (QED) is 0.460. The fourth-order valence-corrected chi connectivity index (χ4v) is 5.67. The number of rotatable bonds is 8. The first-order chi connectivity index (χ1) is 17.7. The molecule has 2 aromatic rings. The largest absolute Gasteiger partial charge is 0.445 e. The first-order valence-corrected chi connectivity index (χ1v) is 14.4. The number of hydrogen-bond acceptors (Lipinski definition) is 5. The molecule has 4 rings (SSSR count).